The quantitative estimate of drug-likeness (QED) is 0.244. The smallest absolute Gasteiger partial charge is 0.348 e. The number of nitrogens with zero attached hydrogens (tertiary/aromatic N) is 1. The molecule has 198 valence electrons. The molecule has 0 aliphatic carbocycles. The van der Waals surface area contributed by atoms with Crippen LogP contribution in [0.1, 0.15) is 52.7 Å². The number of carbonyl (C=O) groups is 2. The van der Waals surface area contributed by atoms with Gasteiger partial charge in [-0.2, -0.15) is 8.78 Å². The highest BCUT2D eigenvalue weighted by molar-refractivity contribution is 7.13. The highest BCUT2D eigenvalue weighted by Crippen LogP contribution is 2.34. The normalized spacial score (nSPS) is 18.5. The van der Waals surface area contributed by atoms with Gasteiger partial charge in [-0.15, -0.1) is 23.2 Å². The molecular formula is C29H33F2NO4S. The van der Waals surface area contributed by atoms with E-state index < -0.39 is 36.4 Å². The van der Waals surface area contributed by atoms with Crippen LogP contribution in [0.25, 0.3) is 0 Å². The standard InChI is InChI=1S/C29H33F2NO4S/c1-21(10-5-3-6-11-22-12-7-4-8-13-22)25(33)17-15-23-20-29(30,31)28(35)32(23)19-9-14-24-16-18-26(37-24)27(34)36-2/h4,7-8,12-13,15-18,21,23,25,33H,6,9-11,14,19-20H2,1-2H3/t21-,23?,25-/m1/s1. The van der Waals surface area contributed by atoms with E-state index in [-0.39, 0.29) is 12.5 Å². The van der Waals surface area contributed by atoms with Gasteiger partial charge < -0.3 is 14.7 Å². The molecule has 3 rings (SSSR count). The number of aliphatic hydroxyl groups excluding tert-OH is 1. The number of aryl methyl sites for hydroxylation is 2. The van der Waals surface area contributed by atoms with Crippen LogP contribution in [-0.4, -0.2) is 53.6 Å². The lowest BCUT2D eigenvalue weighted by atomic mass is 9.99. The van der Waals surface area contributed by atoms with Crippen LogP contribution in [0.4, 0.5) is 8.78 Å². The lowest BCUT2D eigenvalue weighted by Crippen LogP contribution is -2.36. The van der Waals surface area contributed by atoms with Gasteiger partial charge in [0.15, 0.2) is 0 Å². The Kier molecular flexibility index (Phi) is 10.4. The number of ether oxygens (including phenoxy) is 1. The molecule has 1 aliphatic heterocycles. The molecular weight excluding hydrogens is 496 g/mol. The number of methoxy groups -OCH3 is 1. The number of benzene rings is 1. The van der Waals surface area contributed by atoms with E-state index in [1.54, 1.807) is 12.1 Å². The average molecular weight is 530 g/mol. The molecule has 1 unspecified atom stereocenters. The van der Waals surface area contributed by atoms with Gasteiger partial charge in [0.05, 0.1) is 19.3 Å². The Balaban J connectivity index is 1.49. The maximum atomic E-state index is 14.2. The van der Waals surface area contributed by atoms with Gasteiger partial charge in [-0.05, 0) is 42.9 Å². The highest BCUT2D eigenvalue weighted by atomic mass is 32.1. The van der Waals surface area contributed by atoms with Crippen molar-refractivity contribution in [3.8, 4) is 11.8 Å². The van der Waals surface area contributed by atoms with E-state index in [9.17, 15) is 23.5 Å². The minimum Gasteiger partial charge on any atom is -0.465 e. The first kappa shape index (κ1) is 28.5. The van der Waals surface area contributed by atoms with Crippen molar-refractivity contribution in [1.82, 2.24) is 4.90 Å². The maximum Gasteiger partial charge on any atom is 0.348 e. The summed E-state index contributed by atoms with van der Waals surface area (Å²) in [5.41, 5.74) is 1.22. The SMILES string of the molecule is COC(=O)c1ccc(CCCN2C(=O)C(F)(F)CC2C=C[C@@H](O)[C@H](C)CC#CCCc2ccccc2)s1. The van der Waals surface area contributed by atoms with E-state index >= 15 is 0 Å². The molecule has 1 aromatic carbocycles. The molecule has 2 heterocycles. The van der Waals surface area contributed by atoms with Gasteiger partial charge in [-0.3, -0.25) is 4.79 Å². The molecule has 8 heteroatoms. The van der Waals surface area contributed by atoms with Gasteiger partial charge in [0.25, 0.3) is 5.91 Å². The van der Waals surface area contributed by atoms with Crippen LogP contribution in [0.3, 0.4) is 0 Å². The number of amides is 1. The summed E-state index contributed by atoms with van der Waals surface area (Å²) >= 11 is 1.29. The number of thiophene rings is 1. The van der Waals surface area contributed by atoms with Crippen LogP contribution in [0.2, 0.25) is 0 Å². The van der Waals surface area contributed by atoms with Crippen LogP contribution in [0.5, 0.6) is 0 Å². The molecule has 5 nitrogen and oxygen atoms in total. The highest BCUT2D eigenvalue weighted by Gasteiger charge is 2.52. The number of esters is 1. The zero-order valence-electron chi connectivity index (χ0n) is 21.2. The van der Waals surface area contributed by atoms with Crippen molar-refractivity contribution in [2.24, 2.45) is 5.92 Å². The van der Waals surface area contributed by atoms with Gasteiger partial charge in [-0.25, -0.2) is 4.79 Å². The number of halogens is 2. The molecule has 1 saturated heterocycles. The zero-order valence-corrected chi connectivity index (χ0v) is 22.0. The van der Waals surface area contributed by atoms with E-state index in [0.717, 1.165) is 17.7 Å². The number of hydrogen-bond donors (Lipinski definition) is 1. The summed E-state index contributed by atoms with van der Waals surface area (Å²) < 4.78 is 33.1. The first-order valence-electron chi connectivity index (χ1n) is 12.4. The number of alkyl halides is 2. The van der Waals surface area contributed by atoms with E-state index in [4.69, 9.17) is 4.74 Å². The molecule has 1 fully saturated rings. The molecule has 1 amide bonds. The second-order valence-corrected chi connectivity index (χ2v) is 10.4. The van der Waals surface area contributed by atoms with Crippen molar-refractivity contribution in [3.63, 3.8) is 0 Å². The number of rotatable bonds is 11. The zero-order chi connectivity index (χ0) is 26.8. The van der Waals surface area contributed by atoms with Gasteiger partial charge in [0, 0.05) is 30.7 Å². The fraction of sp³-hybridized carbons (Fsp3) is 0.448. The van der Waals surface area contributed by atoms with Crippen molar-refractivity contribution in [1.29, 1.82) is 0 Å². The minimum atomic E-state index is -3.42. The summed E-state index contributed by atoms with van der Waals surface area (Å²) in [5.74, 6) is 1.03. The molecule has 2 aromatic rings. The first-order valence-corrected chi connectivity index (χ1v) is 13.2. The van der Waals surface area contributed by atoms with E-state index in [1.807, 2.05) is 25.1 Å². The average Bonchev–Trinajstić information content (AvgIpc) is 3.45. The third kappa shape index (κ3) is 8.24. The second kappa shape index (κ2) is 13.5. The lowest BCUT2D eigenvalue weighted by Gasteiger charge is -2.22. The van der Waals surface area contributed by atoms with Crippen molar-refractivity contribution >= 4 is 23.2 Å². The molecule has 0 saturated carbocycles. The van der Waals surface area contributed by atoms with Crippen LogP contribution < -0.4 is 0 Å². The van der Waals surface area contributed by atoms with Crippen LogP contribution >= 0.6 is 11.3 Å². The van der Waals surface area contributed by atoms with Gasteiger partial charge in [0.1, 0.15) is 4.88 Å². The number of likely N-dealkylation sites (tertiary alicyclic amines) is 1. The molecule has 0 radical (unpaired) electrons. The second-order valence-electron chi connectivity index (χ2n) is 9.23. The Labute approximate surface area is 221 Å². The fourth-order valence-corrected chi connectivity index (χ4v) is 5.10. The molecule has 1 N–H and O–H groups in total. The Morgan fingerprint density at radius 1 is 1.24 bits per heavy atom. The van der Waals surface area contributed by atoms with Crippen LogP contribution in [0, 0.1) is 17.8 Å². The summed E-state index contributed by atoms with van der Waals surface area (Å²) in [6.07, 6.45) is 4.68. The summed E-state index contributed by atoms with van der Waals surface area (Å²) in [4.78, 5) is 26.5. The summed E-state index contributed by atoms with van der Waals surface area (Å²) in [6.45, 7) is 2.02. The summed E-state index contributed by atoms with van der Waals surface area (Å²) in [7, 11) is 1.31. The van der Waals surface area contributed by atoms with E-state index in [0.29, 0.717) is 24.1 Å². The predicted molar refractivity (Wildman–Crippen MR) is 141 cm³/mol. The Morgan fingerprint density at radius 3 is 2.73 bits per heavy atom. The Morgan fingerprint density at radius 2 is 2.00 bits per heavy atom. The molecule has 0 bridgehead atoms. The maximum absolute atomic E-state index is 14.2. The predicted octanol–water partition coefficient (Wildman–Crippen LogP) is 5.28. The van der Waals surface area contributed by atoms with E-state index in [1.165, 1.54) is 41.1 Å². The largest absolute Gasteiger partial charge is 0.465 e. The van der Waals surface area contributed by atoms with Crippen molar-refractivity contribution in [2.45, 2.75) is 63.5 Å². The molecule has 1 aliphatic rings. The van der Waals surface area contributed by atoms with Gasteiger partial charge >= 0.3 is 11.9 Å². The molecule has 0 spiro atoms. The summed E-state index contributed by atoms with van der Waals surface area (Å²) in [6, 6.07) is 12.8. The van der Waals surface area contributed by atoms with Gasteiger partial charge in [0.2, 0.25) is 0 Å². The third-order valence-electron chi connectivity index (χ3n) is 6.35. The summed E-state index contributed by atoms with van der Waals surface area (Å²) in [5, 5.41) is 10.5. The monoisotopic (exact) mass is 529 g/mol. The Hall–Kier alpha value is -3.02. The topological polar surface area (TPSA) is 66.8 Å². The third-order valence-corrected chi connectivity index (χ3v) is 7.48. The first-order chi connectivity index (χ1) is 17.7. The van der Waals surface area contributed by atoms with Crippen LogP contribution in [0.15, 0.2) is 54.6 Å². The van der Waals surface area contributed by atoms with Crippen molar-refractivity contribution in [2.75, 3.05) is 13.7 Å². The van der Waals surface area contributed by atoms with Crippen LogP contribution in [-0.2, 0) is 22.4 Å². The number of hydrogen-bond acceptors (Lipinski definition) is 5. The van der Waals surface area contributed by atoms with E-state index in [2.05, 4.69) is 24.0 Å². The number of aliphatic hydroxyl groups is 1. The molecule has 37 heavy (non-hydrogen) atoms. The van der Waals surface area contributed by atoms with Crippen molar-refractivity contribution in [3.05, 3.63) is 69.9 Å². The number of carbonyl (C=O) groups excluding carboxylic acids is 2. The van der Waals surface area contributed by atoms with Gasteiger partial charge in [-0.1, -0.05) is 49.4 Å². The molecule has 1 aromatic heterocycles. The molecule has 3 atom stereocenters. The Bertz CT molecular complexity index is 1140. The van der Waals surface area contributed by atoms with Crippen molar-refractivity contribution < 1.29 is 28.2 Å². The lowest BCUT2D eigenvalue weighted by molar-refractivity contribution is -0.148. The fourth-order valence-electron chi connectivity index (χ4n) is 4.13. The minimum absolute atomic E-state index is 0.160.